The summed E-state index contributed by atoms with van der Waals surface area (Å²) in [5.41, 5.74) is 13.6. The van der Waals surface area contributed by atoms with E-state index in [0.717, 1.165) is 28.0 Å². The summed E-state index contributed by atoms with van der Waals surface area (Å²) in [5, 5.41) is 4.97. The first kappa shape index (κ1) is 25.8. The molecule has 1 aliphatic heterocycles. The van der Waals surface area contributed by atoms with Crippen LogP contribution in [0.5, 0.6) is 5.75 Å². The van der Waals surface area contributed by atoms with E-state index in [1.807, 2.05) is 42.5 Å². The third-order valence-corrected chi connectivity index (χ3v) is 7.22. The van der Waals surface area contributed by atoms with Gasteiger partial charge in [0, 0.05) is 33.3 Å². The Kier molecular flexibility index (Phi) is 7.36. The first-order valence-electron chi connectivity index (χ1n) is 11.5. The molecule has 4 aromatic carbocycles. The van der Waals surface area contributed by atoms with Gasteiger partial charge in [0.15, 0.2) is 0 Å². The van der Waals surface area contributed by atoms with Crippen molar-refractivity contribution in [2.75, 3.05) is 12.0 Å². The molecule has 0 radical (unpaired) electrons. The highest BCUT2D eigenvalue weighted by Crippen LogP contribution is 2.47. The van der Waals surface area contributed by atoms with E-state index in [2.05, 4.69) is 10.0 Å². The first-order valence-corrected chi connectivity index (χ1v) is 12.7. The summed E-state index contributed by atoms with van der Waals surface area (Å²) in [6, 6.07) is 23.1. The van der Waals surface area contributed by atoms with E-state index >= 15 is 0 Å². The van der Waals surface area contributed by atoms with Gasteiger partial charge in [-0.05, 0) is 59.1 Å². The Bertz CT molecular complexity index is 1570. The minimum Gasteiger partial charge on any atom is -0.497 e. The number of nitrogens with zero attached hydrogens (tertiary/aromatic N) is 5. The van der Waals surface area contributed by atoms with Crippen molar-refractivity contribution >= 4 is 57.9 Å². The highest BCUT2D eigenvalue weighted by atomic mass is 35.5. The lowest BCUT2D eigenvalue weighted by molar-refractivity contribution is 0.198. The lowest BCUT2D eigenvalue weighted by Gasteiger charge is -2.39. The van der Waals surface area contributed by atoms with E-state index < -0.39 is 0 Å². The molecule has 10 heteroatoms. The SMILES string of the molecule is COc1ccc(CN2Cc3c(-c4ccccc4Cl)cc(N=[N+]=[N-])cc3N(c3c(Cl)cccc3Cl)C2=O)cc1. The summed E-state index contributed by atoms with van der Waals surface area (Å²) in [6.07, 6.45) is 0. The van der Waals surface area contributed by atoms with Gasteiger partial charge in [-0.1, -0.05) is 76.3 Å². The summed E-state index contributed by atoms with van der Waals surface area (Å²) in [5.74, 6) is 0.722. The number of rotatable bonds is 6. The number of hydrogen-bond donors (Lipinski definition) is 0. The number of halogens is 3. The topological polar surface area (TPSA) is 81.5 Å². The molecule has 0 atom stereocenters. The number of ether oxygens (including phenoxy) is 1. The van der Waals surface area contributed by atoms with Crippen molar-refractivity contribution in [1.29, 1.82) is 0 Å². The van der Waals surface area contributed by atoms with Crippen LogP contribution in [-0.4, -0.2) is 18.0 Å². The summed E-state index contributed by atoms with van der Waals surface area (Å²) >= 11 is 19.8. The maximum Gasteiger partial charge on any atom is 0.329 e. The van der Waals surface area contributed by atoms with Crippen molar-refractivity contribution in [3.63, 3.8) is 0 Å². The monoisotopic (exact) mass is 563 g/mol. The quantitative estimate of drug-likeness (QED) is 0.133. The summed E-state index contributed by atoms with van der Waals surface area (Å²) in [6.45, 7) is 0.594. The molecule has 0 N–H and O–H groups in total. The third-order valence-electron chi connectivity index (χ3n) is 6.28. The van der Waals surface area contributed by atoms with Gasteiger partial charge in [0.2, 0.25) is 0 Å². The minimum atomic E-state index is -0.327. The fourth-order valence-electron chi connectivity index (χ4n) is 4.53. The number of urea groups is 1. The molecule has 1 aliphatic rings. The predicted octanol–water partition coefficient (Wildman–Crippen LogP) is 9.54. The Morgan fingerprint density at radius 1 is 0.921 bits per heavy atom. The van der Waals surface area contributed by atoms with Gasteiger partial charge in [-0.25, -0.2) is 4.79 Å². The Morgan fingerprint density at radius 2 is 1.61 bits per heavy atom. The summed E-state index contributed by atoms with van der Waals surface area (Å²) < 4.78 is 5.27. The molecule has 0 unspecified atom stereocenters. The Labute approximate surface area is 234 Å². The Hall–Kier alpha value is -3.87. The van der Waals surface area contributed by atoms with Crippen molar-refractivity contribution < 1.29 is 9.53 Å². The molecule has 0 aromatic heterocycles. The van der Waals surface area contributed by atoms with Gasteiger partial charge in [0.05, 0.1) is 35.1 Å². The van der Waals surface area contributed by atoms with E-state index in [0.29, 0.717) is 38.7 Å². The zero-order chi connectivity index (χ0) is 26.8. The van der Waals surface area contributed by atoms with Crippen LogP contribution in [0.25, 0.3) is 21.6 Å². The number of azide groups is 1. The fraction of sp³-hybridized carbons (Fsp3) is 0.107. The average Bonchev–Trinajstić information content (AvgIpc) is 2.91. The van der Waals surface area contributed by atoms with Gasteiger partial charge in [-0.2, -0.15) is 0 Å². The molecule has 190 valence electrons. The number of benzene rings is 4. The molecule has 0 aliphatic carbocycles. The van der Waals surface area contributed by atoms with Gasteiger partial charge < -0.3 is 9.64 Å². The second-order valence-corrected chi connectivity index (χ2v) is 9.77. The van der Waals surface area contributed by atoms with Crippen LogP contribution in [0.4, 0.5) is 21.9 Å². The minimum absolute atomic E-state index is 0.274. The second kappa shape index (κ2) is 10.9. The molecule has 1 heterocycles. The fourth-order valence-corrected chi connectivity index (χ4v) is 5.34. The normalized spacial score (nSPS) is 12.7. The molecular weight excluding hydrogens is 545 g/mol. The lowest BCUT2D eigenvalue weighted by atomic mass is 9.94. The van der Waals surface area contributed by atoms with Crippen LogP contribution in [0.3, 0.4) is 0 Å². The van der Waals surface area contributed by atoms with Crippen molar-refractivity contribution in [3.05, 3.63) is 116 Å². The molecule has 0 bridgehead atoms. The lowest BCUT2D eigenvalue weighted by Crippen LogP contribution is -2.44. The largest absolute Gasteiger partial charge is 0.497 e. The molecule has 0 saturated carbocycles. The maximum absolute atomic E-state index is 14.1. The molecule has 5 rings (SSSR count). The zero-order valence-electron chi connectivity index (χ0n) is 20.1. The number of carbonyl (C=O) groups excluding carboxylic acids is 1. The third kappa shape index (κ3) is 4.85. The van der Waals surface area contributed by atoms with E-state index in [4.69, 9.17) is 39.5 Å². The van der Waals surface area contributed by atoms with E-state index in [1.165, 1.54) is 4.90 Å². The summed E-state index contributed by atoms with van der Waals surface area (Å²) in [4.78, 5) is 20.2. The van der Waals surface area contributed by atoms with Crippen LogP contribution in [0, 0.1) is 0 Å². The van der Waals surface area contributed by atoms with Crippen molar-refractivity contribution in [2.45, 2.75) is 13.1 Å². The Morgan fingerprint density at radius 3 is 2.26 bits per heavy atom. The van der Waals surface area contributed by atoms with Crippen LogP contribution in [0.2, 0.25) is 15.1 Å². The van der Waals surface area contributed by atoms with Crippen LogP contribution in [-0.2, 0) is 13.1 Å². The van der Waals surface area contributed by atoms with E-state index in [1.54, 1.807) is 48.4 Å². The molecule has 0 saturated heterocycles. The van der Waals surface area contributed by atoms with E-state index in [9.17, 15) is 10.3 Å². The van der Waals surface area contributed by atoms with Crippen LogP contribution in [0.15, 0.2) is 84.0 Å². The number of carbonyl (C=O) groups is 1. The molecule has 4 aromatic rings. The highest BCUT2D eigenvalue weighted by molar-refractivity contribution is 6.40. The number of para-hydroxylation sites is 1. The standard InChI is InChI=1S/C28H20Cl3N5O2/c1-38-19-11-9-17(10-12-19)15-35-16-22-21(20-5-2-3-6-23(20)29)13-18(33-34-32)14-26(22)36(28(35)37)27-24(30)7-4-8-25(27)31/h2-14H,15-16H2,1H3. The molecular formula is C28H20Cl3N5O2. The van der Waals surface area contributed by atoms with Crippen molar-refractivity contribution in [1.82, 2.24) is 4.90 Å². The van der Waals surface area contributed by atoms with Crippen LogP contribution >= 0.6 is 34.8 Å². The van der Waals surface area contributed by atoms with Gasteiger partial charge in [0.25, 0.3) is 0 Å². The van der Waals surface area contributed by atoms with Gasteiger partial charge >= 0.3 is 6.03 Å². The number of fused-ring (bicyclic) bond motifs is 1. The zero-order valence-corrected chi connectivity index (χ0v) is 22.4. The molecule has 2 amide bonds. The molecule has 38 heavy (non-hydrogen) atoms. The number of amides is 2. The maximum atomic E-state index is 14.1. The Balaban J connectivity index is 1.74. The van der Waals surface area contributed by atoms with Crippen LogP contribution < -0.4 is 9.64 Å². The molecule has 7 nitrogen and oxygen atoms in total. The van der Waals surface area contributed by atoms with Gasteiger partial charge in [0.1, 0.15) is 5.75 Å². The number of methoxy groups -OCH3 is 1. The highest BCUT2D eigenvalue weighted by Gasteiger charge is 2.36. The number of hydrogen-bond acceptors (Lipinski definition) is 3. The smallest absolute Gasteiger partial charge is 0.329 e. The van der Waals surface area contributed by atoms with Crippen molar-refractivity contribution in [2.24, 2.45) is 5.11 Å². The number of anilines is 2. The first-order chi connectivity index (χ1) is 18.4. The van der Waals surface area contributed by atoms with Crippen LogP contribution in [0.1, 0.15) is 11.1 Å². The van der Waals surface area contributed by atoms with E-state index in [-0.39, 0.29) is 12.6 Å². The average molecular weight is 565 g/mol. The second-order valence-electron chi connectivity index (χ2n) is 8.55. The van der Waals surface area contributed by atoms with Crippen molar-refractivity contribution in [3.8, 4) is 16.9 Å². The molecule has 0 fully saturated rings. The predicted molar refractivity (Wildman–Crippen MR) is 152 cm³/mol. The van der Waals surface area contributed by atoms with Gasteiger partial charge in [-0.3, -0.25) is 4.90 Å². The molecule has 0 spiro atoms. The summed E-state index contributed by atoms with van der Waals surface area (Å²) in [7, 11) is 1.60. The van der Waals surface area contributed by atoms with Gasteiger partial charge in [-0.15, -0.1) is 0 Å².